The van der Waals surface area contributed by atoms with Crippen molar-refractivity contribution in [3.63, 3.8) is 0 Å². The quantitative estimate of drug-likeness (QED) is 0.839. The van der Waals surface area contributed by atoms with Crippen LogP contribution < -0.4 is 0 Å². The summed E-state index contributed by atoms with van der Waals surface area (Å²) in [4.78, 5) is 32.3. The first kappa shape index (κ1) is 16.5. The molecule has 24 heavy (non-hydrogen) atoms. The zero-order chi connectivity index (χ0) is 17.3. The van der Waals surface area contributed by atoms with Crippen LogP contribution in [0.1, 0.15) is 24.7 Å². The number of carbonyl (C=O) groups excluding carboxylic acids is 2. The van der Waals surface area contributed by atoms with E-state index >= 15 is 0 Å². The van der Waals surface area contributed by atoms with Gasteiger partial charge in [-0.25, -0.2) is 4.98 Å². The highest BCUT2D eigenvalue weighted by atomic mass is 16.2. The molecule has 6 nitrogen and oxygen atoms in total. The maximum atomic E-state index is 12.6. The van der Waals surface area contributed by atoms with Gasteiger partial charge in [0.15, 0.2) is 0 Å². The molecule has 0 radical (unpaired) electrons. The molecule has 6 heteroatoms. The molecule has 1 aliphatic heterocycles. The molecule has 2 heterocycles. The molecular formula is C18H24N4O2. The van der Waals surface area contributed by atoms with Crippen molar-refractivity contribution in [1.29, 1.82) is 0 Å². The SMILES string of the molecule is CC(=O)N1CCCN(C(=O)Cc2ccc3c(c2)nc(C)n3C)CC1. The van der Waals surface area contributed by atoms with E-state index in [4.69, 9.17) is 0 Å². The van der Waals surface area contributed by atoms with Crippen LogP contribution in [0.25, 0.3) is 11.0 Å². The zero-order valence-electron chi connectivity index (χ0n) is 14.6. The number of nitrogens with zero attached hydrogens (tertiary/aromatic N) is 4. The lowest BCUT2D eigenvalue weighted by Gasteiger charge is -2.21. The molecule has 0 unspecified atom stereocenters. The largest absolute Gasteiger partial charge is 0.341 e. The second kappa shape index (κ2) is 6.63. The standard InChI is InChI=1S/C18H24N4O2/c1-13-19-16-11-15(5-6-17(16)20(13)3)12-18(24)22-8-4-7-21(9-10-22)14(2)23/h5-6,11H,4,7-10,12H2,1-3H3. The van der Waals surface area contributed by atoms with Gasteiger partial charge in [-0.05, 0) is 31.0 Å². The molecule has 3 rings (SSSR count). The Morgan fingerprint density at radius 1 is 1.12 bits per heavy atom. The maximum Gasteiger partial charge on any atom is 0.227 e. The fourth-order valence-corrected chi connectivity index (χ4v) is 3.24. The van der Waals surface area contributed by atoms with Gasteiger partial charge in [0.05, 0.1) is 17.5 Å². The number of hydrogen-bond acceptors (Lipinski definition) is 3. The molecule has 128 valence electrons. The second-order valence-corrected chi connectivity index (χ2v) is 6.46. The number of carbonyl (C=O) groups is 2. The van der Waals surface area contributed by atoms with E-state index in [1.807, 2.05) is 46.5 Å². The Balaban J connectivity index is 1.69. The average Bonchev–Trinajstić information content (AvgIpc) is 2.73. The minimum Gasteiger partial charge on any atom is -0.341 e. The number of amides is 2. The van der Waals surface area contributed by atoms with Crippen LogP contribution in [0.15, 0.2) is 18.2 Å². The van der Waals surface area contributed by atoms with Gasteiger partial charge in [0.2, 0.25) is 11.8 Å². The molecule has 1 aliphatic rings. The van der Waals surface area contributed by atoms with Gasteiger partial charge in [-0.1, -0.05) is 6.07 Å². The first-order chi connectivity index (χ1) is 11.5. The van der Waals surface area contributed by atoms with Gasteiger partial charge in [-0.2, -0.15) is 0 Å². The predicted octanol–water partition coefficient (Wildman–Crippen LogP) is 1.51. The van der Waals surface area contributed by atoms with E-state index in [-0.39, 0.29) is 11.8 Å². The maximum absolute atomic E-state index is 12.6. The third kappa shape index (κ3) is 3.27. The van der Waals surface area contributed by atoms with Crippen molar-refractivity contribution in [2.45, 2.75) is 26.7 Å². The lowest BCUT2D eigenvalue weighted by Crippen LogP contribution is -2.37. The molecule has 0 aliphatic carbocycles. The van der Waals surface area contributed by atoms with E-state index in [9.17, 15) is 9.59 Å². The summed E-state index contributed by atoms with van der Waals surface area (Å²) in [5.41, 5.74) is 2.99. The van der Waals surface area contributed by atoms with E-state index in [0.29, 0.717) is 26.1 Å². The minimum absolute atomic E-state index is 0.0836. The van der Waals surface area contributed by atoms with Crippen molar-refractivity contribution >= 4 is 22.8 Å². The molecule has 2 aromatic rings. The van der Waals surface area contributed by atoms with Gasteiger partial charge in [0.25, 0.3) is 0 Å². The molecule has 2 amide bonds. The van der Waals surface area contributed by atoms with Gasteiger partial charge in [0.1, 0.15) is 5.82 Å². The van der Waals surface area contributed by atoms with Crippen LogP contribution in [0.5, 0.6) is 0 Å². The van der Waals surface area contributed by atoms with Crippen molar-refractivity contribution in [2.75, 3.05) is 26.2 Å². The first-order valence-electron chi connectivity index (χ1n) is 8.41. The van der Waals surface area contributed by atoms with Crippen molar-refractivity contribution in [3.05, 3.63) is 29.6 Å². The monoisotopic (exact) mass is 328 g/mol. The van der Waals surface area contributed by atoms with Gasteiger partial charge >= 0.3 is 0 Å². The highest BCUT2D eigenvalue weighted by Gasteiger charge is 2.20. The van der Waals surface area contributed by atoms with E-state index in [0.717, 1.165) is 35.4 Å². The van der Waals surface area contributed by atoms with Crippen molar-refractivity contribution in [2.24, 2.45) is 7.05 Å². The summed E-state index contributed by atoms with van der Waals surface area (Å²) < 4.78 is 2.05. The van der Waals surface area contributed by atoms with Crippen LogP contribution in [0, 0.1) is 6.92 Å². The molecule has 1 saturated heterocycles. The molecule has 0 bridgehead atoms. The fraction of sp³-hybridized carbons (Fsp3) is 0.500. The molecule has 0 N–H and O–H groups in total. The van der Waals surface area contributed by atoms with Gasteiger partial charge in [0, 0.05) is 40.2 Å². The molecule has 0 saturated carbocycles. The van der Waals surface area contributed by atoms with Crippen molar-refractivity contribution in [3.8, 4) is 0 Å². The van der Waals surface area contributed by atoms with E-state index < -0.39 is 0 Å². The molecule has 0 atom stereocenters. The Labute approximate surface area is 142 Å². The van der Waals surface area contributed by atoms with Crippen LogP contribution in [-0.2, 0) is 23.1 Å². The van der Waals surface area contributed by atoms with Gasteiger partial charge in [-0.3, -0.25) is 9.59 Å². The zero-order valence-corrected chi connectivity index (χ0v) is 14.6. The van der Waals surface area contributed by atoms with E-state index in [2.05, 4.69) is 4.98 Å². The van der Waals surface area contributed by atoms with E-state index in [1.54, 1.807) is 6.92 Å². The van der Waals surface area contributed by atoms with Crippen molar-refractivity contribution in [1.82, 2.24) is 19.4 Å². The lowest BCUT2D eigenvalue weighted by molar-refractivity contribution is -0.132. The normalized spacial score (nSPS) is 15.6. The van der Waals surface area contributed by atoms with Crippen LogP contribution in [0.3, 0.4) is 0 Å². The summed E-state index contributed by atoms with van der Waals surface area (Å²) in [5, 5.41) is 0. The van der Waals surface area contributed by atoms with Gasteiger partial charge < -0.3 is 14.4 Å². The molecule has 1 fully saturated rings. The third-order valence-electron chi connectivity index (χ3n) is 4.82. The number of hydrogen-bond donors (Lipinski definition) is 0. The second-order valence-electron chi connectivity index (χ2n) is 6.46. The number of aryl methyl sites for hydroxylation is 2. The smallest absolute Gasteiger partial charge is 0.227 e. The summed E-state index contributed by atoms with van der Waals surface area (Å²) in [6.45, 7) is 6.25. The first-order valence-corrected chi connectivity index (χ1v) is 8.41. The fourth-order valence-electron chi connectivity index (χ4n) is 3.24. The summed E-state index contributed by atoms with van der Waals surface area (Å²) in [6.07, 6.45) is 1.22. The number of aromatic nitrogens is 2. The summed E-state index contributed by atoms with van der Waals surface area (Å²) in [5.74, 6) is 1.16. The average molecular weight is 328 g/mol. The number of benzene rings is 1. The predicted molar refractivity (Wildman–Crippen MR) is 92.6 cm³/mol. The Kier molecular flexibility index (Phi) is 4.55. The van der Waals surface area contributed by atoms with E-state index in [1.165, 1.54) is 0 Å². The molecular weight excluding hydrogens is 304 g/mol. The number of fused-ring (bicyclic) bond motifs is 1. The van der Waals surface area contributed by atoms with Crippen LogP contribution in [0.2, 0.25) is 0 Å². The summed E-state index contributed by atoms with van der Waals surface area (Å²) in [7, 11) is 1.99. The third-order valence-corrected chi connectivity index (χ3v) is 4.82. The Morgan fingerprint density at radius 2 is 1.83 bits per heavy atom. The Hall–Kier alpha value is -2.37. The Bertz CT molecular complexity index is 781. The molecule has 1 aromatic heterocycles. The Morgan fingerprint density at radius 3 is 2.58 bits per heavy atom. The molecule has 0 spiro atoms. The highest BCUT2D eigenvalue weighted by molar-refractivity contribution is 5.82. The lowest BCUT2D eigenvalue weighted by atomic mass is 10.1. The summed E-state index contributed by atoms with van der Waals surface area (Å²) >= 11 is 0. The number of imidazole rings is 1. The topological polar surface area (TPSA) is 58.4 Å². The van der Waals surface area contributed by atoms with Crippen LogP contribution in [0.4, 0.5) is 0 Å². The van der Waals surface area contributed by atoms with Crippen LogP contribution >= 0.6 is 0 Å². The number of rotatable bonds is 2. The van der Waals surface area contributed by atoms with Gasteiger partial charge in [-0.15, -0.1) is 0 Å². The minimum atomic E-state index is 0.0836. The molecule has 1 aromatic carbocycles. The van der Waals surface area contributed by atoms with Crippen LogP contribution in [-0.4, -0.2) is 57.3 Å². The van der Waals surface area contributed by atoms with Crippen molar-refractivity contribution < 1.29 is 9.59 Å². The summed E-state index contributed by atoms with van der Waals surface area (Å²) in [6, 6.07) is 6.03. The highest BCUT2D eigenvalue weighted by Crippen LogP contribution is 2.17.